The van der Waals surface area contributed by atoms with Crippen molar-refractivity contribution < 1.29 is 45.3 Å². The van der Waals surface area contributed by atoms with Crippen LogP contribution in [0.15, 0.2) is 59.0 Å². The third-order valence-electron chi connectivity index (χ3n) is 20.6. The minimum atomic E-state index is -1.69. The van der Waals surface area contributed by atoms with E-state index in [1.165, 1.54) is 19.3 Å². The maximum Gasteiger partial charge on any atom is 0.182 e. The summed E-state index contributed by atoms with van der Waals surface area (Å²) >= 11 is 0. The van der Waals surface area contributed by atoms with Gasteiger partial charge >= 0.3 is 0 Å². The molecule has 11 rings (SSSR count). The van der Waals surface area contributed by atoms with Crippen molar-refractivity contribution in [2.24, 2.45) is 62.9 Å². The summed E-state index contributed by atoms with van der Waals surface area (Å²) in [5, 5.41) is 92.4. The highest BCUT2D eigenvalue weighted by Gasteiger charge is 2.80. The number of dihydropyridines is 1. The smallest absolute Gasteiger partial charge is 0.182 e. The second-order valence-corrected chi connectivity index (χ2v) is 23.9. The Labute approximate surface area is 392 Å². The topological polar surface area (TPSA) is 218 Å². The maximum absolute atomic E-state index is 15.7. The van der Waals surface area contributed by atoms with Crippen molar-refractivity contribution in [3.8, 4) is 0 Å². The number of ketones is 1. The van der Waals surface area contributed by atoms with Crippen LogP contribution in [0.5, 0.6) is 0 Å². The Morgan fingerprint density at radius 3 is 2.55 bits per heavy atom. The molecule has 2 spiro atoms. The molecular formula is C54H81N3O9. The number of carbonyl (C=O) groups is 1. The van der Waals surface area contributed by atoms with Crippen molar-refractivity contribution in [2.75, 3.05) is 13.2 Å². The van der Waals surface area contributed by atoms with Gasteiger partial charge < -0.3 is 56.8 Å². The Kier molecular flexibility index (Phi) is 11.9. The van der Waals surface area contributed by atoms with E-state index in [0.717, 1.165) is 49.8 Å². The predicted molar refractivity (Wildman–Crippen MR) is 251 cm³/mol. The first-order valence-electron chi connectivity index (χ1n) is 26.2. The third kappa shape index (κ3) is 6.50. The molecule has 9 aliphatic carbocycles. The molecule has 0 aromatic heterocycles. The van der Waals surface area contributed by atoms with Crippen molar-refractivity contribution in [2.45, 2.75) is 197 Å². The van der Waals surface area contributed by atoms with Gasteiger partial charge in [0.15, 0.2) is 5.78 Å². The van der Waals surface area contributed by atoms with Crippen LogP contribution in [-0.4, -0.2) is 108 Å². The second kappa shape index (κ2) is 16.6. The second-order valence-electron chi connectivity index (χ2n) is 23.9. The van der Waals surface area contributed by atoms with E-state index in [2.05, 4.69) is 54.9 Å². The summed E-state index contributed by atoms with van der Waals surface area (Å²) in [5.74, 6) is -0.715. The van der Waals surface area contributed by atoms with E-state index in [1.807, 2.05) is 13.0 Å². The lowest BCUT2D eigenvalue weighted by Crippen LogP contribution is -2.73. The molecule has 6 fully saturated rings. The SMILES string of the molecule is CCC[C@H]1CC[C@H]2[C@@H]3CCCC[C@](O)([C@](C)(O)[C@H]4CC[C@@]5(O)C6=C(NC[C@H](C)O)C(=O)[C@@H]7C[C@@H](O)[C@@H](O)C[C@@]78C[C@@]7(C9=C(CCCO)NC(N)C=C9)C=C[C@@H](C[C@]45C)[C@@]68C=C7)[C@@H]3O[C@@H]2CC1. The minimum absolute atomic E-state index is 0.00759. The lowest BCUT2D eigenvalue weighted by atomic mass is 9.33. The molecule has 0 amide bonds. The Morgan fingerprint density at radius 1 is 1.00 bits per heavy atom. The summed E-state index contributed by atoms with van der Waals surface area (Å²) in [4.78, 5) is 15.7. The number of carbonyl (C=O) groups excluding carboxylic acids is 1. The predicted octanol–water partition coefficient (Wildman–Crippen LogP) is 5.10. The largest absolute Gasteiger partial charge is 0.396 e. The number of hydrogen-bond donors (Lipinski definition) is 10. The molecule has 5 saturated carbocycles. The Morgan fingerprint density at radius 2 is 1.79 bits per heavy atom. The van der Waals surface area contributed by atoms with E-state index in [0.29, 0.717) is 55.9 Å². The van der Waals surface area contributed by atoms with Crippen LogP contribution in [0.25, 0.3) is 0 Å². The Bertz CT molecular complexity index is 2080. The van der Waals surface area contributed by atoms with E-state index < -0.39 is 80.9 Å². The number of nitrogens with one attached hydrogen (secondary N) is 2. The Balaban J connectivity index is 1.13. The highest BCUT2D eigenvalue weighted by molar-refractivity contribution is 6.01. The fourth-order valence-corrected chi connectivity index (χ4v) is 17.7. The zero-order valence-corrected chi connectivity index (χ0v) is 40.1. The maximum atomic E-state index is 15.7. The van der Waals surface area contributed by atoms with Crippen molar-refractivity contribution in [1.82, 2.24) is 10.6 Å². The van der Waals surface area contributed by atoms with Crippen LogP contribution in [0.3, 0.4) is 0 Å². The van der Waals surface area contributed by atoms with E-state index >= 15 is 4.79 Å². The van der Waals surface area contributed by atoms with Gasteiger partial charge in [-0.05, 0) is 150 Å². The summed E-state index contributed by atoms with van der Waals surface area (Å²) in [5.41, 5.74) is 0.445. The van der Waals surface area contributed by atoms with E-state index in [9.17, 15) is 35.7 Å². The first kappa shape index (κ1) is 47.3. The first-order chi connectivity index (χ1) is 31.4. The molecule has 11 aliphatic rings. The van der Waals surface area contributed by atoms with E-state index in [1.54, 1.807) is 6.92 Å². The van der Waals surface area contributed by atoms with E-state index in [-0.39, 0.29) is 61.8 Å². The summed E-state index contributed by atoms with van der Waals surface area (Å²) in [6.07, 6.45) is 21.7. The van der Waals surface area contributed by atoms with Crippen molar-refractivity contribution >= 4 is 5.78 Å². The van der Waals surface area contributed by atoms with Crippen LogP contribution in [0.1, 0.15) is 143 Å². The molecule has 1 saturated heterocycles. The number of Topliss-reactive ketones (excluding diaryl/α,β-unsaturated/α-hetero) is 1. The standard InChI is InChI=1S/C54H81N3O9/c1-5-9-32-12-14-34-35-10-6-7-20-54(65,47(35)66-41(34)16-13-32)49(4,63)42-19-22-53(64)46-44(56-29-31(2)59)45(62)37-26-39(60)40(61)28-51(37)30-50(36-15-17-43(55)57-38(36)11-8-25-58)21-18-33(27-48(42,53)3)52(46,51)24-23-50/h15,17-18,21,23-24,31-35,37,39-43,47,56-61,63-65H,5-14,16,19-20,22,25-30,55H2,1-4H3/t31-,32-,33-,34-,35-,37-,39+,40-,41+,42-,43?,47+,48+,49+,50+,51+,52-,53+,54+/m0/s1. The number of allylic oxidation sites excluding steroid dienone is 8. The first-order valence-corrected chi connectivity index (χ1v) is 26.2. The van der Waals surface area contributed by atoms with Gasteiger partial charge in [-0.1, -0.05) is 76.3 Å². The fraction of sp³-hybridized carbons (Fsp3) is 0.796. The van der Waals surface area contributed by atoms with Crippen LogP contribution in [0.4, 0.5) is 0 Å². The zero-order chi connectivity index (χ0) is 46.8. The molecular weight excluding hydrogens is 835 g/mol. The van der Waals surface area contributed by atoms with Crippen LogP contribution in [-0.2, 0) is 9.53 Å². The quantitative estimate of drug-likeness (QED) is 0.123. The van der Waals surface area contributed by atoms with Gasteiger partial charge in [0.1, 0.15) is 5.60 Å². The number of nitrogens with two attached hydrogens (primary N) is 1. The molecule has 66 heavy (non-hydrogen) atoms. The molecule has 12 heteroatoms. The fourth-order valence-electron chi connectivity index (χ4n) is 17.7. The summed E-state index contributed by atoms with van der Waals surface area (Å²) in [6.45, 7) is 7.89. The van der Waals surface area contributed by atoms with Crippen LogP contribution < -0.4 is 16.4 Å². The van der Waals surface area contributed by atoms with Crippen LogP contribution >= 0.6 is 0 Å². The molecule has 0 aromatic carbocycles. The monoisotopic (exact) mass is 916 g/mol. The molecule has 0 radical (unpaired) electrons. The number of fused-ring (bicyclic) bond motifs is 5. The van der Waals surface area contributed by atoms with Crippen molar-refractivity contribution in [3.63, 3.8) is 0 Å². The number of ether oxygens (including phenoxy) is 1. The highest BCUT2D eigenvalue weighted by atomic mass is 16.5. The van der Waals surface area contributed by atoms with Gasteiger partial charge in [0, 0.05) is 41.0 Å². The molecule has 2 aliphatic heterocycles. The lowest BCUT2D eigenvalue weighted by molar-refractivity contribution is -0.256. The lowest BCUT2D eigenvalue weighted by Gasteiger charge is -2.71. The van der Waals surface area contributed by atoms with Gasteiger partial charge in [-0.15, -0.1) is 0 Å². The van der Waals surface area contributed by atoms with E-state index in [4.69, 9.17) is 10.5 Å². The molecule has 366 valence electrons. The highest BCUT2D eigenvalue weighted by Crippen LogP contribution is 2.80. The minimum Gasteiger partial charge on any atom is -0.396 e. The van der Waals surface area contributed by atoms with Crippen LogP contribution in [0.2, 0.25) is 0 Å². The average Bonchev–Trinajstić information content (AvgIpc) is 3.44. The number of hydrogen-bond acceptors (Lipinski definition) is 12. The molecule has 2 bridgehead atoms. The van der Waals surface area contributed by atoms with Gasteiger partial charge in [0.25, 0.3) is 0 Å². The normalized spacial score (nSPS) is 49.4. The van der Waals surface area contributed by atoms with Crippen LogP contribution in [0, 0.1) is 57.2 Å². The van der Waals surface area contributed by atoms with Crippen molar-refractivity contribution in [1.29, 1.82) is 0 Å². The van der Waals surface area contributed by atoms with Gasteiger partial charge in [0.05, 0.1) is 53.6 Å². The summed E-state index contributed by atoms with van der Waals surface area (Å²) in [6, 6.07) is 0. The third-order valence-corrected chi connectivity index (χ3v) is 20.6. The summed E-state index contributed by atoms with van der Waals surface area (Å²) in [7, 11) is 0. The average molecular weight is 916 g/mol. The molecule has 19 atom stereocenters. The molecule has 2 heterocycles. The number of aliphatic hydroxyl groups excluding tert-OH is 4. The molecule has 0 aromatic rings. The molecule has 1 unspecified atom stereocenters. The van der Waals surface area contributed by atoms with Gasteiger partial charge in [-0.25, -0.2) is 0 Å². The molecule has 11 N–H and O–H groups in total. The van der Waals surface area contributed by atoms with Crippen molar-refractivity contribution in [3.05, 3.63) is 59.0 Å². The number of aliphatic hydroxyl groups is 7. The summed E-state index contributed by atoms with van der Waals surface area (Å²) < 4.78 is 7.13. The van der Waals surface area contributed by atoms with Gasteiger partial charge in [-0.3, -0.25) is 4.79 Å². The van der Waals surface area contributed by atoms with Gasteiger partial charge in [0.2, 0.25) is 0 Å². The van der Waals surface area contributed by atoms with Gasteiger partial charge in [-0.2, -0.15) is 0 Å². The number of rotatable bonds is 11. The Hall–Kier alpha value is -2.39. The zero-order valence-electron chi connectivity index (χ0n) is 40.1. The molecule has 12 nitrogen and oxygen atoms in total.